The van der Waals surface area contributed by atoms with E-state index >= 15 is 0 Å². The van der Waals surface area contributed by atoms with Crippen molar-refractivity contribution < 1.29 is 14.7 Å². The number of hydrogen-bond acceptors (Lipinski definition) is 6. The van der Waals surface area contributed by atoms with Gasteiger partial charge in [-0.15, -0.1) is 5.10 Å². The zero-order valence-corrected chi connectivity index (χ0v) is 19.7. The van der Waals surface area contributed by atoms with Crippen LogP contribution in [0.1, 0.15) is 46.9 Å². The van der Waals surface area contributed by atoms with Gasteiger partial charge in [-0.05, 0) is 61.4 Å². The first-order valence-electron chi connectivity index (χ1n) is 10.6. The third kappa shape index (κ3) is 4.36. The maximum atomic E-state index is 13.6. The van der Waals surface area contributed by atoms with E-state index in [4.69, 9.17) is 0 Å². The predicted octanol–water partition coefficient (Wildman–Crippen LogP) is 4.63. The van der Waals surface area contributed by atoms with Crippen LogP contribution in [0, 0.1) is 13.8 Å². The van der Waals surface area contributed by atoms with Crippen molar-refractivity contribution in [1.82, 2.24) is 14.8 Å². The summed E-state index contributed by atoms with van der Waals surface area (Å²) in [4.78, 5) is 29.5. The molecule has 3 aromatic rings. The maximum Gasteiger partial charge on any atom is 0.335 e. The summed E-state index contributed by atoms with van der Waals surface area (Å²) in [7, 11) is 0. The van der Waals surface area contributed by atoms with Crippen LogP contribution in [0.25, 0.3) is 0 Å². The molecule has 0 aliphatic carbocycles. The third-order valence-corrected chi connectivity index (χ3v) is 6.40. The number of anilines is 2. The molecule has 0 spiro atoms. The minimum Gasteiger partial charge on any atom is -0.478 e. The molecule has 2 heterocycles. The molecule has 0 fully saturated rings. The van der Waals surface area contributed by atoms with Crippen molar-refractivity contribution in [2.24, 2.45) is 0 Å². The van der Waals surface area contributed by atoms with Crippen LogP contribution in [0.5, 0.6) is 0 Å². The van der Waals surface area contributed by atoms with Crippen LogP contribution in [0.4, 0.5) is 11.6 Å². The Labute approximate surface area is 196 Å². The number of carboxylic acids is 1. The number of aromatic nitrogens is 3. The molecular formula is C24H25N5O3S. The average molecular weight is 464 g/mol. The molecule has 3 N–H and O–H groups in total. The summed E-state index contributed by atoms with van der Waals surface area (Å²) >= 11 is 1.51. The Balaban J connectivity index is 1.79. The van der Waals surface area contributed by atoms with Crippen molar-refractivity contribution in [3.63, 3.8) is 0 Å². The highest BCUT2D eigenvalue weighted by Gasteiger charge is 2.34. The normalized spacial score (nSPS) is 15.1. The van der Waals surface area contributed by atoms with E-state index < -0.39 is 12.0 Å². The van der Waals surface area contributed by atoms with Gasteiger partial charge in [0.25, 0.3) is 5.91 Å². The minimum absolute atomic E-state index is 0.177. The number of thioether (sulfide) groups is 1. The number of nitrogens with one attached hydrogen (secondary N) is 2. The van der Waals surface area contributed by atoms with Gasteiger partial charge in [0.1, 0.15) is 6.04 Å². The molecule has 2 aromatic carbocycles. The summed E-state index contributed by atoms with van der Waals surface area (Å²) in [5, 5.41) is 20.8. The largest absolute Gasteiger partial charge is 0.478 e. The fraction of sp³-hybridized carbons (Fsp3) is 0.250. The molecule has 1 atom stereocenters. The van der Waals surface area contributed by atoms with E-state index in [-0.39, 0.29) is 11.5 Å². The first-order chi connectivity index (χ1) is 15.8. The van der Waals surface area contributed by atoms with Gasteiger partial charge in [0.15, 0.2) is 0 Å². The lowest BCUT2D eigenvalue weighted by Gasteiger charge is -2.29. The van der Waals surface area contributed by atoms with Crippen molar-refractivity contribution in [1.29, 1.82) is 0 Å². The van der Waals surface area contributed by atoms with Crippen molar-refractivity contribution in [3.05, 3.63) is 76.0 Å². The average Bonchev–Trinajstić information content (AvgIpc) is 3.18. The highest BCUT2D eigenvalue weighted by molar-refractivity contribution is 7.99. The molecule has 8 nitrogen and oxygen atoms in total. The number of carbonyl (C=O) groups excluding carboxylic acids is 1. The molecule has 0 radical (unpaired) electrons. The SMILES string of the molecule is CCSc1nc2n(n1)C(c1ccc(C(=O)O)cc1)C(C(=O)Nc1cccc(C)c1C)=C(C)N2. The predicted molar refractivity (Wildman–Crippen MR) is 129 cm³/mol. The van der Waals surface area contributed by atoms with Gasteiger partial charge in [-0.25, -0.2) is 9.48 Å². The topological polar surface area (TPSA) is 109 Å². The lowest BCUT2D eigenvalue weighted by Crippen LogP contribution is -2.31. The number of aromatic carboxylic acids is 1. The summed E-state index contributed by atoms with van der Waals surface area (Å²) in [6, 6.07) is 11.7. The van der Waals surface area contributed by atoms with Gasteiger partial charge in [-0.1, -0.05) is 43.0 Å². The molecule has 0 saturated carbocycles. The fourth-order valence-corrected chi connectivity index (χ4v) is 4.36. The van der Waals surface area contributed by atoms with Gasteiger partial charge in [0, 0.05) is 11.4 Å². The number of fused-ring (bicyclic) bond motifs is 1. The monoisotopic (exact) mass is 463 g/mol. The number of amides is 1. The second kappa shape index (κ2) is 9.11. The third-order valence-electron chi connectivity index (χ3n) is 5.68. The molecule has 33 heavy (non-hydrogen) atoms. The van der Waals surface area contributed by atoms with Crippen LogP contribution in [0.2, 0.25) is 0 Å². The number of benzene rings is 2. The van der Waals surface area contributed by atoms with E-state index in [1.165, 1.54) is 23.9 Å². The van der Waals surface area contributed by atoms with Crippen LogP contribution in [0.15, 0.2) is 58.9 Å². The molecule has 1 aromatic heterocycles. The fourth-order valence-electron chi connectivity index (χ4n) is 3.81. The van der Waals surface area contributed by atoms with E-state index in [0.717, 1.165) is 28.1 Å². The van der Waals surface area contributed by atoms with E-state index in [9.17, 15) is 14.7 Å². The summed E-state index contributed by atoms with van der Waals surface area (Å²) in [6.45, 7) is 7.82. The molecule has 170 valence electrons. The van der Waals surface area contributed by atoms with Crippen molar-refractivity contribution >= 4 is 35.3 Å². The summed E-state index contributed by atoms with van der Waals surface area (Å²) in [5.41, 5.74) is 4.90. The minimum atomic E-state index is -1.01. The van der Waals surface area contributed by atoms with Gasteiger partial charge >= 0.3 is 5.97 Å². The molecule has 4 rings (SSSR count). The zero-order chi connectivity index (χ0) is 23.7. The Kier molecular flexibility index (Phi) is 6.24. The van der Waals surface area contributed by atoms with Crippen LogP contribution in [-0.4, -0.2) is 37.5 Å². The van der Waals surface area contributed by atoms with Crippen molar-refractivity contribution in [2.45, 2.75) is 38.9 Å². The van der Waals surface area contributed by atoms with Crippen LogP contribution in [0.3, 0.4) is 0 Å². The first kappa shape index (κ1) is 22.6. The van der Waals surface area contributed by atoms with E-state index in [0.29, 0.717) is 22.4 Å². The van der Waals surface area contributed by atoms with Crippen LogP contribution >= 0.6 is 11.8 Å². The number of allylic oxidation sites excluding steroid dienone is 1. The Bertz CT molecular complexity index is 1260. The number of carbonyl (C=O) groups is 2. The Hall–Kier alpha value is -3.59. The summed E-state index contributed by atoms with van der Waals surface area (Å²) < 4.78 is 1.69. The number of aryl methyl sites for hydroxylation is 1. The number of hydrogen-bond donors (Lipinski definition) is 3. The number of rotatable bonds is 6. The van der Waals surface area contributed by atoms with E-state index in [2.05, 4.69) is 20.7 Å². The second-order valence-corrected chi connectivity index (χ2v) is 9.02. The van der Waals surface area contributed by atoms with Crippen LogP contribution in [-0.2, 0) is 4.79 Å². The quantitative estimate of drug-likeness (QED) is 0.457. The molecule has 0 bridgehead atoms. The molecule has 1 unspecified atom stereocenters. The summed E-state index contributed by atoms with van der Waals surface area (Å²) in [6.07, 6.45) is 0. The van der Waals surface area contributed by atoms with E-state index in [1.807, 2.05) is 45.9 Å². The number of nitrogens with zero attached hydrogens (tertiary/aromatic N) is 3. The van der Waals surface area contributed by atoms with Gasteiger partial charge < -0.3 is 15.7 Å². The lowest BCUT2D eigenvalue weighted by molar-refractivity contribution is -0.113. The highest BCUT2D eigenvalue weighted by atomic mass is 32.2. The van der Waals surface area contributed by atoms with Crippen molar-refractivity contribution in [2.75, 3.05) is 16.4 Å². The van der Waals surface area contributed by atoms with Crippen LogP contribution < -0.4 is 10.6 Å². The molecular weight excluding hydrogens is 438 g/mol. The Morgan fingerprint density at radius 3 is 2.55 bits per heavy atom. The van der Waals surface area contributed by atoms with Crippen molar-refractivity contribution in [3.8, 4) is 0 Å². The van der Waals surface area contributed by atoms with Gasteiger partial charge in [0.05, 0.1) is 11.1 Å². The standard InChI is InChI=1S/C24H25N5O3S/c1-5-33-24-27-23-25-15(4)19(21(30)26-18-8-6-7-13(2)14(18)3)20(29(23)28-24)16-9-11-17(12-10-16)22(31)32/h6-12,20H,5H2,1-4H3,(H,26,30)(H,31,32)(H,25,27,28). The molecule has 0 saturated heterocycles. The second-order valence-electron chi connectivity index (χ2n) is 7.79. The zero-order valence-electron chi connectivity index (χ0n) is 18.8. The lowest BCUT2D eigenvalue weighted by atomic mass is 9.94. The molecule has 1 amide bonds. The molecule has 1 aliphatic rings. The highest BCUT2D eigenvalue weighted by Crippen LogP contribution is 2.37. The van der Waals surface area contributed by atoms with Gasteiger partial charge in [0.2, 0.25) is 11.1 Å². The van der Waals surface area contributed by atoms with Gasteiger partial charge in [-0.3, -0.25) is 4.79 Å². The maximum absolute atomic E-state index is 13.6. The van der Waals surface area contributed by atoms with E-state index in [1.54, 1.807) is 16.8 Å². The first-order valence-corrected chi connectivity index (χ1v) is 11.6. The molecule has 9 heteroatoms. The molecule has 1 aliphatic heterocycles. The summed E-state index contributed by atoms with van der Waals surface area (Å²) in [5.74, 6) is 0.0915. The Morgan fingerprint density at radius 1 is 1.15 bits per heavy atom. The Morgan fingerprint density at radius 2 is 1.88 bits per heavy atom. The number of carboxylic acid groups (broad SMARTS) is 1. The smallest absolute Gasteiger partial charge is 0.335 e. The van der Waals surface area contributed by atoms with Gasteiger partial charge in [-0.2, -0.15) is 4.98 Å².